The second-order valence-electron chi connectivity index (χ2n) is 6.08. The van der Waals surface area contributed by atoms with E-state index in [0.717, 1.165) is 11.3 Å². The van der Waals surface area contributed by atoms with Gasteiger partial charge < -0.3 is 10.1 Å². The number of carbonyl (C=O) groups excluding carboxylic acids is 1. The van der Waals surface area contributed by atoms with Crippen LogP contribution in [0.5, 0.6) is 5.75 Å². The molecular weight excluding hydrogens is 344 g/mol. The highest BCUT2D eigenvalue weighted by atomic mass is 16.5. The quantitative estimate of drug-likeness (QED) is 0.724. The standard InChI is InChI=1S/C20H20N4O3/c1-14(22-20(26)16-4-3-11-21-12-16)13-24-19(25)10-9-18(23-24)15-5-7-17(27-2)8-6-15/h3-12,14H,13H2,1-2H3,(H,22,26)/t14-/m0/s1. The lowest BCUT2D eigenvalue weighted by Gasteiger charge is -2.15. The Hall–Kier alpha value is -3.48. The van der Waals surface area contributed by atoms with Gasteiger partial charge in [-0.25, -0.2) is 4.68 Å². The Balaban J connectivity index is 1.74. The molecule has 0 aliphatic carbocycles. The van der Waals surface area contributed by atoms with Crippen LogP contribution in [-0.2, 0) is 6.54 Å². The van der Waals surface area contributed by atoms with Crippen LogP contribution < -0.4 is 15.6 Å². The molecule has 0 saturated heterocycles. The largest absolute Gasteiger partial charge is 0.497 e. The number of hydrogen-bond donors (Lipinski definition) is 1. The number of amides is 1. The summed E-state index contributed by atoms with van der Waals surface area (Å²) in [4.78, 5) is 28.3. The third-order valence-electron chi connectivity index (χ3n) is 4.00. The van der Waals surface area contributed by atoms with Gasteiger partial charge in [-0.1, -0.05) is 0 Å². The van der Waals surface area contributed by atoms with E-state index in [1.165, 1.54) is 16.9 Å². The predicted molar refractivity (Wildman–Crippen MR) is 102 cm³/mol. The predicted octanol–water partition coefficient (Wildman–Crippen LogP) is 2.13. The summed E-state index contributed by atoms with van der Waals surface area (Å²) >= 11 is 0. The molecule has 0 unspecified atom stereocenters. The van der Waals surface area contributed by atoms with Crippen LogP contribution in [-0.4, -0.2) is 33.8 Å². The van der Waals surface area contributed by atoms with Crippen molar-refractivity contribution in [1.82, 2.24) is 20.1 Å². The molecule has 0 spiro atoms. The van der Waals surface area contributed by atoms with Crippen molar-refractivity contribution in [2.24, 2.45) is 0 Å². The first kappa shape index (κ1) is 18.3. The first-order valence-corrected chi connectivity index (χ1v) is 8.50. The Bertz CT molecular complexity index is 969. The topological polar surface area (TPSA) is 86.1 Å². The average Bonchev–Trinajstić information content (AvgIpc) is 2.70. The van der Waals surface area contributed by atoms with Gasteiger partial charge in [0.05, 0.1) is 24.9 Å². The van der Waals surface area contributed by atoms with E-state index in [1.54, 1.807) is 31.5 Å². The second kappa shape index (κ2) is 8.27. The molecular formula is C20H20N4O3. The lowest BCUT2D eigenvalue weighted by atomic mass is 10.1. The van der Waals surface area contributed by atoms with E-state index in [4.69, 9.17) is 4.74 Å². The maximum absolute atomic E-state index is 12.2. The minimum atomic E-state index is -0.283. The Morgan fingerprint density at radius 3 is 2.63 bits per heavy atom. The van der Waals surface area contributed by atoms with Gasteiger partial charge in [0.15, 0.2) is 0 Å². The zero-order valence-electron chi connectivity index (χ0n) is 15.1. The summed E-state index contributed by atoms with van der Waals surface area (Å²) in [6.07, 6.45) is 3.10. The Morgan fingerprint density at radius 1 is 1.19 bits per heavy atom. The minimum Gasteiger partial charge on any atom is -0.497 e. The van der Waals surface area contributed by atoms with Gasteiger partial charge in [-0.3, -0.25) is 14.6 Å². The molecule has 0 radical (unpaired) electrons. The Labute approximate surface area is 156 Å². The van der Waals surface area contributed by atoms with Crippen molar-refractivity contribution < 1.29 is 9.53 Å². The van der Waals surface area contributed by atoms with Gasteiger partial charge >= 0.3 is 0 Å². The number of hydrogen-bond acceptors (Lipinski definition) is 5. The number of aromatic nitrogens is 3. The fourth-order valence-corrected chi connectivity index (χ4v) is 2.60. The normalized spacial score (nSPS) is 11.6. The fourth-order valence-electron chi connectivity index (χ4n) is 2.60. The van der Waals surface area contributed by atoms with E-state index in [0.29, 0.717) is 11.3 Å². The second-order valence-corrected chi connectivity index (χ2v) is 6.08. The molecule has 1 N–H and O–H groups in total. The highest BCUT2D eigenvalue weighted by molar-refractivity contribution is 5.93. The number of ether oxygens (including phenoxy) is 1. The lowest BCUT2D eigenvalue weighted by molar-refractivity contribution is 0.0935. The van der Waals surface area contributed by atoms with Crippen LogP contribution in [0.1, 0.15) is 17.3 Å². The zero-order chi connectivity index (χ0) is 19.2. The highest BCUT2D eigenvalue weighted by Gasteiger charge is 2.12. The third-order valence-corrected chi connectivity index (χ3v) is 4.00. The molecule has 7 nitrogen and oxygen atoms in total. The molecule has 3 rings (SSSR count). The van der Waals surface area contributed by atoms with Crippen LogP contribution >= 0.6 is 0 Å². The minimum absolute atomic E-state index is 0.227. The molecule has 0 aliphatic heterocycles. The maximum atomic E-state index is 12.2. The van der Waals surface area contributed by atoms with E-state index in [9.17, 15) is 9.59 Å². The smallest absolute Gasteiger partial charge is 0.266 e. The van der Waals surface area contributed by atoms with E-state index < -0.39 is 0 Å². The highest BCUT2D eigenvalue weighted by Crippen LogP contribution is 2.19. The Kier molecular flexibility index (Phi) is 5.61. The monoisotopic (exact) mass is 364 g/mol. The molecule has 0 fully saturated rings. The molecule has 27 heavy (non-hydrogen) atoms. The summed E-state index contributed by atoms with van der Waals surface area (Å²) in [7, 11) is 1.61. The first-order valence-electron chi connectivity index (χ1n) is 8.50. The molecule has 1 amide bonds. The number of carbonyl (C=O) groups is 1. The molecule has 7 heteroatoms. The summed E-state index contributed by atoms with van der Waals surface area (Å²) in [5, 5.41) is 7.27. The number of pyridine rings is 1. The van der Waals surface area contributed by atoms with E-state index in [2.05, 4.69) is 15.4 Å². The van der Waals surface area contributed by atoms with E-state index >= 15 is 0 Å². The summed E-state index contributed by atoms with van der Waals surface area (Å²) in [6, 6.07) is 13.7. The molecule has 1 atom stereocenters. The van der Waals surface area contributed by atoms with Gasteiger partial charge in [-0.2, -0.15) is 5.10 Å². The van der Waals surface area contributed by atoms with Crippen LogP contribution in [0.25, 0.3) is 11.3 Å². The molecule has 0 saturated carbocycles. The summed E-state index contributed by atoms with van der Waals surface area (Å²) in [5.74, 6) is 0.508. The molecule has 0 aliphatic rings. The van der Waals surface area contributed by atoms with Crippen molar-refractivity contribution in [3.05, 3.63) is 76.8 Å². The SMILES string of the molecule is COc1ccc(-c2ccc(=O)n(C[C@H](C)NC(=O)c3cccnc3)n2)cc1. The van der Waals surface area contributed by atoms with Crippen molar-refractivity contribution >= 4 is 5.91 Å². The van der Waals surface area contributed by atoms with Gasteiger partial charge in [-0.05, 0) is 49.4 Å². The summed E-state index contributed by atoms with van der Waals surface area (Å²) in [6.45, 7) is 2.08. The number of benzene rings is 1. The van der Waals surface area contributed by atoms with Gasteiger partial charge in [0.2, 0.25) is 0 Å². The van der Waals surface area contributed by atoms with Gasteiger partial charge in [0, 0.05) is 30.1 Å². The van der Waals surface area contributed by atoms with Crippen molar-refractivity contribution in [3.8, 4) is 17.0 Å². The maximum Gasteiger partial charge on any atom is 0.266 e. The molecule has 2 aromatic heterocycles. The molecule has 0 bridgehead atoms. The molecule has 138 valence electrons. The first-order chi connectivity index (χ1) is 13.1. The number of nitrogens with zero attached hydrogens (tertiary/aromatic N) is 3. The van der Waals surface area contributed by atoms with Crippen LogP contribution in [0.15, 0.2) is 65.7 Å². The lowest BCUT2D eigenvalue weighted by Crippen LogP contribution is -2.39. The van der Waals surface area contributed by atoms with E-state index in [1.807, 2.05) is 31.2 Å². The molecule has 3 aromatic rings. The van der Waals surface area contributed by atoms with Crippen LogP contribution in [0.4, 0.5) is 0 Å². The molecule has 1 aromatic carbocycles. The number of nitrogens with one attached hydrogen (secondary N) is 1. The van der Waals surface area contributed by atoms with Crippen LogP contribution in [0.3, 0.4) is 0 Å². The number of rotatable bonds is 6. The summed E-state index contributed by atoms with van der Waals surface area (Å²) in [5.41, 5.74) is 1.78. The van der Waals surface area contributed by atoms with Crippen molar-refractivity contribution in [1.29, 1.82) is 0 Å². The fraction of sp³-hybridized carbons (Fsp3) is 0.200. The molecule has 2 heterocycles. The van der Waals surface area contributed by atoms with Crippen molar-refractivity contribution in [3.63, 3.8) is 0 Å². The van der Waals surface area contributed by atoms with Gasteiger partial charge in [-0.15, -0.1) is 0 Å². The zero-order valence-corrected chi connectivity index (χ0v) is 15.1. The van der Waals surface area contributed by atoms with Crippen LogP contribution in [0, 0.1) is 0 Å². The Morgan fingerprint density at radius 2 is 1.96 bits per heavy atom. The summed E-state index contributed by atoms with van der Waals surface area (Å²) < 4.78 is 6.51. The van der Waals surface area contributed by atoms with Crippen molar-refractivity contribution in [2.75, 3.05) is 7.11 Å². The van der Waals surface area contributed by atoms with E-state index in [-0.39, 0.29) is 24.1 Å². The van der Waals surface area contributed by atoms with Crippen molar-refractivity contribution in [2.45, 2.75) is 19.5 Å². The van der Waals surface area contributed by atoms with Crippen LogP contribution in [0.2, 0.25) is 0 Å². The van der Waals surface area contributed by atoms with Gasteiger partial charge in [0.1, 0.15) is 5.75 Å². The third kappa shape index (κ3) is 4.58. The van der Waals surface area contributed by atoms with Gasteiger partial charge in [0.25, 0.3) is 11.5 Å². The number of methoxy groups -OCH3 is 1. The average molecular weight is 364 g/mol.